The minimum absolute atomic E-state index is 0.332. The van der Waals surface area contributed by atoms with Gasteiger partial charge in [0.2, 0.25) is 0 Å². The molecule has 4 nitrogen and oxygen atoms in total. The Bertz CT molecular complexity index is 951. The molecule has 3 aromatic carbocycles. The smallest absolute Gasteiger partial charge is 0.363 e. The molecule has 0 aliphatic carbocycles. The summed E-state index contributed by atoms with van der Waals surface area (Å²) in [6.45, 7) is 7.12. The molecule has 0 aliphatic heterocycles. The fourth-order valence-electron chi connectivity index (χ4n) is 3.19. The first-order valence-corrected chi connectivity index (χ1v) is 10.5. The lowest BCUT2D eigenvalue weighted by Crippen LogP contribution is -2.13. The van der Waals surface area contributed by atoms with E-state index in [0.29, 0.717) is 5.56 Å². The molecule has 0 amide bonds. The van der Waals surface area contributed by atoms with Crippen molar-refractivity contribution >= 4 is 29.1 Å². The van der Waals surface area contributed by atoms with Crippen LogP contribution in [-0.2, 0) is 13.6 Å². The van der Waals surface area contributed by atoms with E-state index < -0.39 is 13.4 Å². The topological polar surface area (TPSA) is 55.8 Å². The number of aliphatic hydroxyl groups excluding tert-OH is 1. The lowest BCUT2D eigenvalue weighted by atomic mass is 9.97. The van der Waals surface area contributed by atoms with Gasteiger partial charge in [-0.15, -0.1) is 0 Å². The van der Waals surface area contributed by atoms with Crippen molar-refractivity contribution in [2.24, 2.45) is 0 Å². The van der Waals surface area contributed by atoms with Crippen LogP contribution in [0.2, 0.25) is 0 Å². The van der Waals surface area contributed by atoms with Crippen molar-refractivity contribution in [3.05, 3.63) is 60.2 Å². The van der Waals surface area contributed by atoms with Crippen LogP contribution >= 0.6 is 7.60 Å². The molecule has 1 N–H and O–H groups in total. The third-order valence-corrected chi connectivity index (χ3v) is 6.40. The van der Waals surface area contributed by atoms with Gasteiger partial charge in [0.1, 0.15) is 0 Å². The molecule has 0 unspecified atom stereocenters. The molecule has 0 saturated heterocycles. The molecule has 0 spiro atoms. The first-order valence-electron chi connectivity index (χ1n) is 8.87. The minimum Gasteiger partial charge on any atom is -0.376 e. The SMILES string of the molecule is CC(C)OP(=O)(OC(C)C)[C@@H](O)c1cc2ccccc2c2ccccc12. The Hall–Kier alpha value is -1.71. The maximum Gasteiger partial charge on any atom is 0.363 e. The summed E-state index contributed by atoms with van der Waals surface area (Å²) in [4.78, 5) is 0. The number of hydrogen-bond acceptors (Lipinski definition) is 4. The van der Waals surface area contributed by atoms with E-state index >= 15 is 0 Å². The van der Waals surface area contributed by atoms with Crippen molar-refractivity contribution < 1.29 is 18.7 Å². The predicted octanol–water partition coefficient (Wildman–Crippen LogP) is 6.03. The van der Waals surface area contributed by atoms with Gasteiger partial charge in [0.05, 0.1) is 12.2 Å². The molecular weight excluding hydrogens is 347 g/mol. The van der Waals surface area contributed by atoms with Crippen LogP contribution in [0, 0.1) is 0 Å². The first-order chi connectivity index (χ1) is 12.3. The second kappa shape index (κ2) is 7.50. The normalized spacial score (nSPS) is 13.8. The summed E-state index contributed by atoms with van der Waals surface area (Å²) in [5.74, 6) is -1.36. The molecule has 0 aliphatic rings. The Morgan fingerprint density at radius 2 is 1.31 bits per heavy atom. The van der Waals surface area contributed by atoms with E-state index in [1.165, 1.54) is 0 Å². The molecular formula is C21H25O4P. The van der Waals surface area contributed by atoms with Crippen LogP contribution in [-0.4, -0.2) is 17.3 Å². The summed E-state index contributed by atoms with van der Waals surface area (Å²) >= 11 is 0. The Labute approximate surface area is 154 Å². The predicted molar refractivity (Wildman–Crippen MR) is 106 cm³/mol. The maximum atomic E-state index is 13.4. The van der Waals surface area contributed by atoms with Crippen LogP contribution in [0.15, 0.2) is 54.6 Å². The van der Waals surface area contributed by atoms with E-state index in [1.54, 1.807) is 27.7 Å². The average molecular weight is 372 g/mol. The van der Waals surface area contributed by atoms with Gasteiger partial charge in [-0.25, -0.2) is 0 Å². The lowest BCUT2D eigenvalue weighted by Gasteiger charge is -2.28. The standard InChI is InChI=1S/C21H25O4P/c1-14(2)24-26(23,25-15(3)4)21(22)20-13-16-9-5-6-10-17(16)18-11-7-8-12-19(18)20/h5-15,21-22H,1-4H3/t21-/m1/s1. The quantitative estimate of drug-likeness (QED) is 0.424. The maximum absolute atomic E-state index is 13.4. The summed E-state index contributed by atoms with van der Waals surface area (Å²) in [7, 11) is -3.77. The van der Waals surface area contributed by atoms with Gasteiger partial charge in [-0.2, -0.15) is 0 Å². The van der Waals surface area contributed by atoms with Crippen LogP contribution in [0.3, 0.4) is 0 Å². The molecule has 138 valence electrons. The zero-order chi connectivity index (χ0) is 18.9. The van der Waals surface area contributed by atoms with Crippen LogP contribution in [0.4, 0.5) is 0 Å². The third kappa shape index (κ3) is 3.70. The van der Waals surface area contributed by atoms with Crippen LogP contribution in [0.5, 0.6) is 0 Å². The van der Waals surface area contributed by atoms with Crippen LogP contribution < -0.4 is 0 Å². The van der Waals surface area contributed by atoms with Crippen molar-refractivity contribution in [3.63, 3.8) is 0 Å². The molecule has 0 fully saturated rings. The summed E-state index contributed by atoms with van der Waals surface area (Å²) in [6.07, 6.45) is -0.665. The molecule has 26 heavy (non-hydrogen) atoms. The fraction of sp³-hybridized carbons (Fsp3) is 0.333. The van der Waals surface area contributed by atoms with E-state index in [4.69, 9.17) is 9.05 Å². The first kappa shape index (κ1) is 19.1. The molecule has 0 radical (unpaired) electrons. The summed E-state index contributed by atoms with van der Waals surface area (Å²) in [5.41, 5.74) is 0.559. The molecule has 0 aromatic heterocycles. The van der Waals surface area contributed by atoms with Crippen LogP contribution in [0.25, 0.3) is 21.5 Å². The van der Waals surface area contributed by atoms with Crippen molar-refractivity contribution in [2.45, 2.75) is 45.7 Å². The molecule has 3 rings (SSSR count). The highest BCUT2D eigenvalue weighted by Crippen LogP contribution is 2.62. The average Bonchev–Trinajstić information content (AvgIpc) is 2.59. The molecule has 5 heteroatoms. The van der Waals surface area contributed by atoms with Gasteiger partial charge in [0, 0.05) is 5.56 Å². The number of hydrogen-bond donors (Lipinski definition) is 1. The van der Waals surface area contributed by atoms with Crippen molar-refractivity contribution in [1.82, 2.24) is 0 Å². The van der Waals surface area contributed by atoms with Crippen molar-refractivity contribution in [1.29, 1.82) is 0 Å². The van der Waals surface area contributed by atoms with Gasteiger partial charge in [0.15, 0.2) is 5.85 Å². The summed E-state index contributed by atoms with van der Waals surface area (Å²) in [6, 6.07) is 17.6. The van der Waals surface area contributed by atoms with Crippen molar-refractivity contribution in [3.8, 4) is 0 Å². The van der Waals surface area contributed by atoms with Gasteiger partial charge < -0.3 is 14.2 Å². The fourth-order valence-corrected chi connectivity index (χ4v) is 5.20. The minimum atomic E-state index is -3.77. The highest BCUT2D eigenvalue weighted by atomic mass is 31.2. The van der Waals surface area contributed by atoms with Crippen molar-refractivity contribution in [2.75, 3.05) is 0 Å². The molecule has 0 bridgehead atoms. The molecule has 0 saturated carbocycles. The van der Waals surface area contributed by atoms with Gasteiger partial charge in [-0.3, -0.25) is 4.57 Å². The highest BCUT2D eigenvalue weighted by molar-refractivity contribution is 7.54. The lowest BCUT2D eigenvalue weighted by molar-refractivity contribution is 0.101. The monoisotopic (exact) mass is 372 g/mol. The largest absolute Gasteiger partial charge is 0.376 e. The highest BCUT2D eigenvalue weighted by Gasteiger charge is 2.39. The van der Waals surface area contributed by atoms with E-state index in [1.807, 2.05) is 54.6 Å². The Kier molecular flexibility index (Phi) is 5.50. The van der Waals surface area contributed by atoms with Gasteiger partial charge in [0.25, 0.3) is 0 Å². The molecule has 1 atom stereocenters. The second-order valence-corrected chi connectivity index (χ2v) is 8.94. The summed E-state index contributed by atoms with van der Waals surface area (Å²) in [5, 5.41) is 15.0. The number of fused-ring (bicyclic) bond motifs is 3. The Morgan fingerprint density at radius 1 is 0.808 bits per heavy atom. The van der Waals surface area contributed by atoms with Gasteiger partial charge in [-0.1, -0.05) is 48.5 Å². The zero-order valence-electron chi connectivity index (χ0n) is 15.5. The third-order valence-electron chi connectivity index (χ3n) is 4.09. The zero-order valence-corrected chi connectivity index (χ0v) is 16.4. The Morgan fingerprint density at radius 3 is 1.88 bits per heavy atom. The number of rotatable bonds is 6. The summed E-state index contributed by atoms with van der Waals surface area (Å²) < 4.78 is 24.6. The van der Waals surface area contributed by atoms with E-state index in [9.17, 15) is 9.67 Å². The number of benzene rings is 3. The number of aliphatic hydroxyl groups is 1. The van der Waals surface area contributed by atoms with E-state index in [0.717, 1.165) is 21.5 Å². The second-order valence-electron chi connectivity index (χ2n) is 6.95. The Balaban J connectivity index is 2.22. The van der Waals surface area contributed by atoms with E-state index in [2.05, 4.69) is 0 Å². The molecule has 3 aromatic rings. The van der Waals surface area contributed by atoms with Crippen LogP contribution in [0.1, 0.15) is 39.1 Å². The van der Waals surface area contributed by atoms with Gasteiger partial charge in [-0.05, 0) is 55.3 Å². The molecule has 0 heterocycles. The van der Waals surface area contributed by atoms with E-state index in [-0.39, 0.29) is 12.2 Å². The van der Waals surface area contributed by atoms with Gasteiger partial charge >= 0.3 is 7.60 Å².